The summed E-state index contributed by atoms with van der Waals surface area (Å²) in [6, 6.07) is 9.75. The van der Waals surface area contributed by atoms with Gasteiger partial charge in [0.25, 0.3) is 11.5 Å². The second kappa shape index (κ2) is 9.08. The summed E-state index contributed by atoms with van der Waals surface area (Å²) in [6.07, 6.45) is 7.63. The minimum Gasteiger partial charge on any atom is -0.352 e. The third-order valence-corrected chi connectivity index (χ3v) is 6.59. The van der Waals surface area contributed by atoms with Gasteiger partial charge in [-0.2, -0.15) is 0 Å². The topological polar surface area (TPSA) is 71.4 Å². The summed E-state index contributed by atoms with van der Waals surface area (Å²) in [6.45, 7) is 4.69. The molecule has 1 atom stereocenters. The van der Waals surface area contributed by atoms with Gasteiger partial charge < -0.3 is 14.8 Å². The van der Waals surface area contributed by atoms with Crippen LogP contribution in [0.4, 0.5) is 0 Å². The number of benzene rings is 1. The number of amides is 2. The van der Waals surface area contributed by atoms with E-state index in [2.05, 4.69) is 37.4 Å². The van der Waals surface area contributed by atoms with Crippen LogP contribution in [0.15, 0.2) is 41.3 Å². The average molecular weight is 422 g/mol. The van der Waals surface area contributed by atoms with Crippen molar-refractivity contribution < 1.29 is 9.59 Å². The average Bonchev–Trinajstić information content (AvgIpc) is 3.43. The highest BCUT2D eigenvalue weighted by Gasteiger charge is 2.32. The van der Waals surface area contributed by atoms with Crippen LogP contribution in [-0.2, 0) is 11.3 Å². The van der Waals surface area contributed by atoms with E-state index in [-0.39, 0.29) is 36.0 Å². The summed E-state index contributed by atoms with van der Waals surface area (Å²) < 4.78 is 1.35. The maximum Gasteiger partial charge on any atom is 0.263 e. The molecule has 2 heterocycles. The highest BCUT2D eigenvalue weighted by atomic mass is 16.2. The van der Waals surface area contributed by atoms with Crippen LogP contribution in [0.25, 0.3) is 0 Å². The van der Waals surface area contributed by atoms with Crippen LogP contribution in [0.5, 0.6) is 0 Å². The van der Waals surface area contributed by atoms with Crippen molar-refractivity contribution >= 4 is 11.8 Å². The van der Waals surface area contributed by atoms with Crippen LogP contribution in [0.2, 0.25) is 0 Å². The van der Waals surface area contributed by atoms with E-state index in [0.717, 1.165) is 55.2 Å². The van der Waals surface area contributed by atoms with Gasteiger partial charge in [0.05, 0.1) is 6.04 Å². The van der Waals surface area contributed by atoms with Crippen molar-refractivity contribution in [2.75, 3.05) is 6.54 Å². The van der Waals surface area contributed by atoms with Crippen molar-refractivity contribution in [1.82, 2.24) is 14.8 Å². The molecule has 1 aromatic carbocycles. The zero-order chi connectivity index (χ0) is 22.0. The first-order valence-electron chi connectivity index (χ1n) is 11.3. The lowest BCUT2D eigenvalue weighted by molar-refractivity contribution is -0.122. The van der Waals surface area contributed by atoms with Crippen LogP contribution in [0.1, 0.15) is 71.6 Å². The fraction of sp³-hybridized carbons (Fsp3) is 0.480. The number of nitrogens with zero attached hydrogens (tertiary/aromatic N) is 2. The molecule has 0 bridgehead atoms. The number of rotatable bonds is 5. The van der Waals surface area contributed by atoms with Crippen LogP contribution in [0.3, 0.4) is 0 Å². The quantitative estimate of drug-likeness (QED) is 0.803. The molecule has 1 saturated heterocycles. The Bertz CT molecular complexity index is 1040. The van der Waals surface area contributed by atoms with Crippen molar-refractivity contribution in [3.8, 4) is 0 Å². The van der Waals surface area contributed by atoms with E-state index < -0.39 is 5.56 Å². The molecule has 0 radical (unpaired) electrons. The fourth-order valence-corrected chi connectivity index (χ4v) is 4.93. The number of pyridine rings is 1. The predicted octanol–water partition coefficient (Wildman–Crippen LogP) is 3.50. The van der Waals surface area contributed by atoms with Gasteiger partial charge in [-0.25, -0.2) is 0 Å². The summed E-state index contributed by atoms with van der Waals surface area (Å²) in [4.78, 5) is 40.6. The second-order valence-electron chi connectivity index (χ2n) is 8.92. The number of aromatic nitrogens is 1. The lowest BCUT2D eigenvalue weighted by Crippen LogP contribution is -2.40. The maximum atomic E-state index is 13.4. The molecule has 6 heteroatoms. The van der Waals surface area contributed by atoms with E-state index >= 15 is 0 Å². The van der Waals surface area contributed by atoms with E-state index in [1.165, 1.54) is 4.57 Å². The molecule has 1 aromatic heterocycles. The summed E-state index contributed by atoms with van der Waals surface area (Å²) in [5.74, 6) is -0.424. The molecule has 1 N–H and O–H groups in total. The third kappa shape index (κ3) is 4.58. The van der Waals surface area contributed by atoms with Crippen molar-refractivity contribution in [3.63, 3.8) is 0 Å². The van der Waals surface area contributed by atoms with Gasteiger partial charge in [0.2, 0.25) is 5.91 Å². The Hall–Kier alpha value is -2.89. The Morgan fingerprint density at radius 2 is 1.84 bits per heavy atom. The number of nitrogens with one attached hydrogen (secondary N) is 1. The SMILES string of the molecule is Cc1ccc(C)c([C@H]2CCCN2C(=O)c2cccn(CC(=O)NC3CCCC3)c2=O)c1. The molecule has 164 valence electrons. The molecular weight excluding hydrogens is 390 g/mol. The lowest BCUT2D eigenvalue weighted by Gasteiger charge is -2.26. The van der Waals surface area contributed by atoms with Gasteiger partial charge in [-0.3, -0.25) is 14.4 Å². The van der Waals surface area contributed by atoms with E-state index in [4.69, 9.17) is 0 Å². The zero-order valence-corrected chi connectivity index (χ0v) is 18.4. The number of hydrogen-bond acceptors (Lipinski definition) is 3. The van der Waals surface area contributed by atoms with Gasteiger partial charge in [-0.05, 0) is 62.8 Å². The Morgan fingerprint density at radius 1 is 1.06 bits per heavy atom. The molecular formula is C25H31N3O3. The molecule has 2 aromatic rings. The third-order valence-electron chi connectivity index (χ3n) is 6.59. The zero-order valence-electron chi connectivity index (χ0n) is 18.4. The first kappa shape index (κ1) is 21.3. The van der Waals surface area contributed by atoms with Gasteiger partial charge in [-0.15, -0.1) is 0 Å². The standard InChI is InChI=1S/C25H31N3O3/c1-17-11-12-18(2)21(15-17)22-10-6-14-28(22)25(31)20-9-5-13-27(24(20)30)16-23(29)26-19-7-3-4-8-19/h5,9,11-13,15,19,22H,3-4,6-8,10,14,16H2,1-2H3,(H,26,29)/t22-/m1/s1. The van der Waals surface area contributed by atoms with E-state index in [0.29, 0.717) is 6.54 Å². The second-order valence-corrected chi connectivity index (χ2v) is 8.92. The molecule has 0 spiro atoms. The number of likely N-dealkylation sites (tertiary alicyclic amines) is 1. The predicted molar refractivity (Wildman–Crippen MR) is 120 cm³/mol. The molecule has 31 heavy (non-hydrogen) atoms. The van der Waals surface area contributed by atoms with Gasteiger partial charge in [0.15, 0.2) is 0 Å². The number of hydrogen-bond donors (Lipinski definition) is 1. The van der Waals surface area contributed by atoms with Crippen LogP contribution in [-0.4, -0.2) is 33.9 Å². The van der Waals surface area contributed by atoms with E-state index in [1.54, 1.807) is 18.3 Å². The number of carbonyl (C=O) groups is 2. The Morgan fingerprint density at radius 3 is 2.61 bits per heavy atom. The molecule has 1 aliphatic carbocycles. The molecule has 4 rings (SSSR count). The smallest absolute Gasteiger partial charge is 0.263 e. The number of aryl methyl sites for hydroxylation is 2. The van der Waals surface area contributed by atoms with Gasteiger partial charge >= 0.3 is 0 Å². The maximum absolute atomic E-state index is 13.4. The highest BCUT2D eigenvalue weighted by Crippen LogP contribution is 2.35. The summed E-state index contributed by atoms with van der Waals surface area (Å²) in [5, 5.41) is 3.00. The van der Waals surface area contributed by atoms with Crippen molar-refractivity contribution in [2.45, 2.75) is 71.0 Å². The minimum atomic E-state index is -0.402. The monoisotopic (exact) mass is 421 g/mol. The molecule has 0 unspecified atom stereocenters. The first-order chi connectivity index (χ1) is 14.9. The van der Waals surface area contributed by atoms with E-state index in [1.807, 2.05) is 4.90 Å². The highest BCUT2D eigenvalue weighted by molar-refractivity contribution is 5.94. The first-order valence-corrected chi connectivity index (χ1v) is 11.3. The molecule has 6 nitrogen and oxygen atoms in total. The van der Waals surface area contributed by atoms with Gasteiger partial charge in [-0.1, -0.05) is 36.6 Å². The Labute approximate surface area is 183 Å². The molecule has 2 fully saturated rings. The van der Waals surface area contributed by atoms with E-state index in [9.17, 15) is 14.4 Å². The number of carbonyl (C=O) groups excluding carboxylic acids is 2. The van der Waals surface area contributed by atoms with Crippen molar-refractivity contribution in [1.29, 1.82) is 0 Å². The molecule has 2 aliphatic rings. The van der Waals surface area contributed by atoms with Crippen molar-refractivity contribution in [3.05, 3.63) is 69.1 Å². The largest absolute Gasteiger partial charge is 0.352 e. The van der Waals surface area contributed by atoms with Gasteiger partial charge in [0.1, 0.15) is 12.1 Å². The summed E-state index contributed by atoms with van der Waals surface area (Å²) >= 11 is 0. The lowest BCUT2D eigenvalue weighted by atomic mass is 9.97. The minimum absolute atomic E-state index is 0.0221. The normalized spacial score (nSPS) is 19.0. The summed E-state index contributed by atoms with van der Waals surface area (Å²) in [7, 11) is 0. The summed E-state index contributed by atoms with van der Waals surface area (Å²) in [5.41, 5.74) is 3.20. The Balaban J connectivity index is 1.54. The fourth-order valence-electron chi connectivity index (χ4n) is 4.93. The van der Waals surface area contributed by atoms with Gasteiger partial charge in [0, 0.05) is 18.8 Å². The Kier molecular flexibility index (Phi) is 6.25. The van der Waals surface area contributed by atoms with Crippen molar-refractivity contribution in [2.24, 2.45) is 0 Å². The van der Waals surface area contributed by atoms with Crippen LogP contribution in [0, 0.1) is 13.8 Å². The van der Waals surface area contributed by atoms with Crippen LogP contribution >= 0.6 is 0 Å². The molecule has 1 saturated carbocycles. The molecule has 2 amide bonds. The van der Waals surface area contributed by atoms with Crippen LogP contribution < -0.4 is 10.9 Å². The molecule has 1 aliphatic heterocycles.